The van der Waals surface area contributed by atoms with Gasteiger partial charge in [-0.05, 0) is 30.3 Å². The molecular formula is C18H20Cl2N2O4. The topological polar surface area (TPSA) is 63.9 Å². The minimum absolute atomic E-state index is 0.0445. The quantitative estimate of drug-likeness (QED) is 0.775. The van der Waals surface area contributed by atoms with Gasteiger partial charge in [0.25, 0.3) is 5.91 Å². The molecule has 1 N–H and O–H groups in total. The predicted molar refractivity (Wildman–Crippen MR) is 98.8 cm³/mol. The zero-order valence-corrected chi connectivity index (χ0v) is 15.6. The average Bonchev–Trinajstić information content (AvgIpc) is 3.16. The van der Waals surface area contributed by atoms with E-state index in [2.05, 4.69) is 10.2 Å². The van der Waals surface area contributed by atoms with Gasteiger partial charge in [-0.25, -0.2) is 0 Å². The van der Waals surface area contributed by atoms with Gasteiger partial charge in [-0.2, -0.15) is 0 Å². The van der Waals surface area contributed by atoms with E-state index in [9.17, 15) is 4.79 Å². The lowest BCUT2D eigenvalue weighted by atomic mass is 10.1. The number of nitrogens with zero attached hydrogens (tertiary/aromatic N) is 1. The number of rotatable bonds is 7. The van der Waals surface area contributed by atoms with Gasteiger partial charge in [-0.1, -0.05) is 23.2 Å². The lowest BCUT2D eigenvalue weighted by Crippen LogP contribution is -2.44. The molecule has 1 amide bonds. The molecule has 2 heterocycles. The van der Waals surface area contributed by atoms with Gasteiger partial charge in [-0.3, -0.25) is 9.69 Å². The maximum absolute atomic E-state index is 12.2. The Labute approximate surface area is 162 Å². The van der Waals surface area contributed by atoms with Crippen molar-refractivity contribution in [1.82, 2.24) is 10.2 Å². The highest BCUT2D eigenvalue weighted by Gasteiger charge is 2.25. The van der Waals surface area contributed by atoms with Gasteiger partial charge in [-0.15, -0.1) is 0 Å². The molecule has 0 aliphatic carbocycles. The number of carbonyl (C=O) groups is 1. The van der Waals surface area contributed by atoms with Crippen molar-refractivity contribution in [3.63, 3.8) is 0 Å². The lowest BCUT2D eigenvalue weighted by molar-refractivity contribution is -0.123. The fraction of sp³-hybridized carbons (Fsp3) is 0.389. The third kappa shape index (κ3) is 5.14. The Kier molecular flexibility index (Phi) is 6.80. The Balaban J connectivity index is 1.53. The standard InChI is InChI=1S/C18H20Cl2N2O4/c19-13-3-4-16(14(20)10-13)26-12-18(23)21-11-15(17-2-1-7-25-17)22-5-8-24-9-6-22/h1-4,7,10,15H,5-6,8-9,11-12H2,(H,21,23). The van der Waals surface area contributed by atoms with Crippen LogP contribution in [0.5, 0.6) is 5.75 Å². The summed E-state index contributed by atoms with van der Waals surface area (Å²) in [6, 6.07) is 8.58. The highest BCUT2D eigenvalue weighted by atomic mass is 35.5. The summed E-state index contributed by atoms with van der Waals surface area (Å²) in [6.07, 6.45) is 1.64. The Bertz CT molecular complexity index is 718. The number of furan rings is 1. The van der Waals surface area contributed by atoms with Crippen LogP contribution in [0.25, 0.3) is 0 Å². The van der Waals surface area contributed by atoms with E-state index in [1.807, 2.05) is 12.1 Å². The van der Waals surface area contributed by atoms with E-state index >= 15 is 0 Å². The summed E-state index contributed by atoms with van der Waals surface area (Å²) in [5, 5.41) is 3.77. The first-order valence-corrected chi connectivity index (χ1v) is 9.09. The molecule has 0 saturated carbocycles. The van der Waals surface area contributed by atoms with E-state index in [-0.39, 0.29) is 18.6 Å². The fourth-order valence-corrected chi connectivity index (χ4v) is 3.24. The van der Waals surface area contributed by atoms with Crippen molar-refractivity contribution in [3.8, 4) is 5.75 Å². The number of morpholine rings is 1. The van der Waals surface area contributed by atoms with Crippen molar-refractivity contribution in [2.75, 3.05) is 39.5 Å². The SMILES string of the molecule is O=C(COc1ccc(Cl)cc1Cl)NCC(c1ccco1)N1CCOCC1. The van der Waals surface area contributed by atoms with E-state index in [0.717, 1.165) is 18.8 Å². The number of ether oxygens (including phenoxy) is 2. The van der Waals surface area contributed by atoms with E-state index in [4.69, 9.17) is 37.1 Å². The van der Waals surface area contributed by atoms with Crippen LogP contribution in [0.4, 0.5) is 0 Å². The third-order valence-corrected chi connectivity index (χ3v) is 4.63. The highest BCUT2D eigenvalue weighted by Crippen LogP contribution is 2.27. The molecule has 0 bridgehead atoms. The van der Waals surface area contributed by atoms with Crippen LogP contribution in [-0.2, 0) is 9.53 Å². The molecule has 1 aromatic heterocycles. The number of amides is 1. The number of benzene rings is 1. The van der Waals surface area contributed by atoms with Crippen molar-refractivity contribution in [1.29, 1.82) is 0 Å². The van der Waals surface area contributed by atoms with Gasteiger partial charge in [0.15, 0.2) is 6.61 Å². The van der Waals surface area contributed by atoms with Crippen LogP contribution < -0.4 is 10.1 Å². The molecule has 140 valence electrons. The van der Waals surface area contributed by atoms with Gasteiger partial charge in [0, 0.05) is 24.7 Å². The predicted octanol–water partition coefficient (Wildman–Crippen LogP) is 3.15. The molecule has 8 heteroatoms. The summed E-state index contributed by atoms with van der Waals surface area (Å²) < 4.78 is 16.4. The molecule has 26 heavy (non-hydrogen) atoms. The van der Waals surface area contributed by atoms with E-state index in [1.165, 1.54) is 0 Å². The molecule has 0 spiro atoms. The molecule has 3 rings (SSSR count). The number of nitrogens with one attached hydrogen (secondary N) is 1. The monoisotopic (exact) mass is 398 g/mol. The van der Waals surface area contributed by atoms with Gasteiger partial charge in [0.1, 0.15) is 11.5 Å². The molecule has 1 atom stereocenters. The summed E-state index contributed by atoms with van der Waals surface area (Å²) in [5.41, 5.74) is 0. The second kappa shape index (κ2) is 9.28. The summed E-state index contributed by atoms with van der Waals surface area (Å²) >= 11 is 11.9. The molecule has 1 aliphatic heterocycles. The highest BCUT2D eigenvalue weighted by molar-refractivity contribution is 6.35. The number of hydrogen-bond acceptors (Lipinski definition) is 5. The first-order valence-electron chi connectivity index (χ1n) is 8.33. The van der Waals surface area contributed by atoms with Crippen molar-refractivity contribution in [3.05, 3.63) is 52.4 Å². The zero-order chi connectivity index (χ0) is 18.4. The van der Waals surface area contributed by atoms with Crippen LogP contribution in [0, 0.1) is 0 Å². The Morgan fingerprint density at radius 2 is 2.08 bits per heavy atom. The maximum atomic E-state index is 12.2. The summed E-state index contributed by atoms with van der Waals surface area (Å²) in [6.45, 7) is 3.21. The van der Waals surface area contributed by atoms with Crippen LogP contribution in [0.15, 0.2) is 41.0 Å². The normalized spacial score (nSPS) is 16.2. The average molecular weight is 399 g/mol. The van der Waals surface area contributed by atoms with Gasteiger partial charge >= 0.3 is 0 Å². The summed E-state index contributed by atoms with van der Waals surface area (Å²) in [4.78, 5) is 14.4. The smallest absolute Gasteiger partial charge is 0.258 e. The maximum Gasteiger partial charge on any atom is 0.258 e. The van der Waals surface area contributed by atoms with E-state index < -0.39 is 0 Å². The van der Waals surface area contributed by atoms with E-state index in [0.29, 0.717) is 35.6 Å². The Morgan fingerprint density at radius 3 is 2.77 bits per heavy atom. The Morgan fingerprint density at radius 1 is 1.27 bits per heavy atom. The van der Waals surface area contributed by atoms with Crippen molar-refractivity contribution >= 4 is 29.1 Å². The molecule has 1 saturated heterocycles. The molecular weight excluding hydrogens is 379 g/mol. The van der Waals surface area contributed by atoms with Gasteiger partial charge in [0.05, 0.1) is 30.5 Å². The van der Waals surface area contributed by atoms with Gasteiger partial charge < -0.3 is 19.2 Å². The number of hydrogen-bond donors (Lipinski definition) is 1. The zero-order valence-electron chi connectivity index (χ0n) is 14.1. The van der Waals surface area contributed by atoms with Crippen molar-refractivity contribution in [2.45, 2.75) is 6.04 Å². The molecule has 1 fully saturated rings. The second-order valence-electron chi connectivity index (χ2n) is 5.85. The molecule has 0 radical (unpaired) electrons. The molecule has 1 unspecified atom stereocenters. The minimum Gasteiger partial charge on any atom is -0.482 e. The van der Waals surface area contributed by atoms with Gasteiger partial charge in [0.2, 0.25) is 0 Å². The number of carbonyl (C=O) groups excluding carboxylic acids is 1. The van der Waals surface area contributed by atoms with Crippen LogP contribution in [0.2, 0.25) is 10.0 Å². The fourth-order valence-electron chi connectivity index (χ4n) is 2.78. The van der Waals surface area contributed by atoms with Crippen LogP contribution >= 0.6 is 23.2 Å². The first kappa shape index (κ1) is 19.0. The second-order valence-corrected chi connectivity index (χ2v) is 6.69. The summed E-state index contributed by atoms with van der Waals surface area (Å²) in [7, 11) is 0. The van der Waals surface area contributed by atoms with E-state index in [1.54, 1.807) is 24.5 Å². The van der Waals surface area contributed by atoms with Crippen LogP contribution in [0.3, 0.4) is 0 Å². The minimum atomic E-state index is -0.235. The molecule has 1 aromatic carbocycles. The molecule has 6 nitrogen and oxygen atoms in total. The third-order valence-electron chi connectivity index (χ3n) is 4.10. The summed E-state index contributed by atoms with van der Waals surface area (Å²) in [5.74, 6) is 0.997. The van der Waals surface area contributed by atoms with Crippen molar-refractivity contribution in [2.24, 2.45) is 0 Å². The molecule has 2 aromatic rings. The first-order chi connectivity index (χ1) is 12.6. The van der Waals surface area contributed by atoms with Crippen LogP contribution in [-0.4, -0.2) is 50.3 Å². The largest absolute Gasteiger partial charge is 0.482 e. The number of halogens is 2. The molecule has 1 aliphatic rings. The van der Waals surface area contributed by atoms with Crippen molar-refractivity contribution < 1.29 is 18.7 Å². The van der Waals surface area contributed by atoms with Crippen LogP contribution in [0.1, 0.15) is 11.8 Å². The lowest BCUT2D eigenvalue weighted by Gasteiger charge is -2.33. The Hall–Kier alpha value is -1.73.